The second-order valence-corrected chi connectivity index (χ2v) is 4.27. The lowest BCUT2D eigenvalue weighted by Crippen LogP contribution is -2.03. The van der Waals surface area contributed by atoms with Crippen LogP contribution in [0.25, 0.3) is 17.1 Å². The average molecular weight is 251 g/mol. The number of benzene rings is 1. The molecule has 5 heteroatoms. The zero-order chi connectivity index (χ0) is 13.2. The molecule has 3 rings (SSSR count). The van der Waals surface area contributed by atoms with Gasteiger partial charge in [-0.05, 0) is 19.1 Å². The van der Waals surface area contributed by atoms with Crippen LogP contribution in [0.5, 0.6) is 0 Å². The number of aryl methyl sites for hydroxylation is 1. The van der Waals surface area contributed by atoms with E-state index in [4.69, 9.17) is 5.73 Å². The van der Waals surface area contributed by atoms with Crippen molar-refractivity contribution in [3.05, 3.63) is 54.2 Å². The quantitative estimate of drug-likeness (QED) is 0.758. The number of aromatic nitrogens is 4. The van der Waals surface area contributed by atoms with Crippen LogP contribution in [0.2, 0.25) is 0 Å². The Morgan fingerprint density at radius 3 is 2.37 bits per heavy atom. The van der Waals surface area contributed by atoms with Gasteiger partial charge in [-0.25, -0.2) is 4.68 Å². The van der Waals surface area contributed by atoms with Gasteiger partial charge in [0.25, 0.3) is 0 Å². The Hall–Kier alpha value is -2.69. The summed E-state index contributed by atoms with van der Waals surface area (Å²) >= 11 is 0. The van der Waals surface area contributed by atoms with Crippen molar-refractivity contribution in [2.45, 2.75) is 6.92 Å². The minimum Gasteiger partial charge on any atom is -0.382 e. The predicted molar refractivity (Wildman–Crippen MR) is 73.7 cm³/mol. The second-order valence-electron chi connectivity index (χ2n) is 4.27. The van der Waals surface area contributed by atoms with E-state index in [1.165, 1.54) is 0 Å². The summed E-state index contributed by atoms with van der Waals surface area (Å²) in [5.41, 5.74) is 8.46. The molecular weight excluding hydrogens is 238 g/mol. The molecule has 0 bridgehead atoms. The molecule has 0 atom stereocenters. The summed E-state index contributed by atoms with van der Waals surface area (Å²) in [6.07, 6.45) is 0. The number of hydrogen-bond donors (Lipinski definition) is 1. The molecule has 3 aromatic rings. The fourth-order valence-electron chi connectivity index (χ4n) is 1.93. The van der Waals surface area contributed by atoms with Gasteiger partial charge in [0, 0.05) is 17.3 Å². The van der Waals surface area contributed by atoms with Crippen LogP contribution in [0.3, 0.4) is 0 Å². The summed E-state index contributed by atoms with van der Waals surface area (Å²) in [5, 5.41) is 12.6. The van der Waals surface area contributed by atoms with Crippen molar-refractivity contribution in [3.8, 4) is 17.1 Å². The highest BCUT2D eigenvalue weighted by Crippen LogP contribution is 2.17. The first-order chi connectivity index (χ1) is 9.24. The van der Waals surface area contributed by atoms with Crippen molar-refractivity contribution in [3.63, 3.8) is 0 Å². The van der Waals surface area contributed by atoms with E-state index < -0.39 is 0 Å². The van der Waals surface area contributed by atoms with Gasteiger partial charge in [-0.2, -0.15) is 0 Å². The highest BCUT2D eigenvalue weighted by molar-refractivity contribution is 5.58. The van der Waals surface area contributed by atoms with Gasteiger partial charge in [0.1, 0.15) is 5.82 Å². The van der Waals surface area contributed by atoms with Crippen molar-refractivity contribution in [1.82, 2.24) is 20.0 Å². The van der Waals surface area contributed by atoms with Crippen LogP contribution in [0.1, 0.15) is 5.69 Å². The molecule has 19 heavy (non-hydrogen) atoms. The van der Waals surface area contributed by atoms with E-state index in [9.17, 15) is 0 Å². The fourth-order valence-corrected chi connectivity index (χ4v) is 1.93. The van der Waals surface area contributed by atoms with Gasteiger partial charge in [0.15, 0.2) is 5.82 Å². The number of nitrogens with two attached hydrogens (primary N) is 1. The maximum Gasteiger partial charge on any atom is 0.176 e. The maximum absolute atomic E-state index is 5.66. The van der Waals surface area contributed by atoms with Gasteiger partial charge in [-0.3, -0.25) is 0 Å². The number of rotatable bonds is 2. The molecule has 94 valence electrons. The monoisotopic (exact) mass is 251 g/mol. The number of anilines is 1. The second kappa shape index (κ2) is 4.53. The zero-order valence-corrected chi connectivity index (χ0v) is 10.5. The third-order valence-electron chi connectivity index (χ3n) is 2.84. The Morgan fingerprint density at radius 2 is 1.79 bits per heavy atom. The van der Waals surface area contributed by atoms with Crippen molar-refractivity contribution in [2.24, 2.45) is 0 Å². The summed E-state index contributed by atoms with van der Waals surface area (Å²) < 4.78 is 1.68. The molecule has 0 spiro atoms. The highest BCUT2D eigenvalue weighted by atomic mass is 15.4. The third kappa shape index (κ3) is 2.18. The Kier molecular flexibility index (Phi) is 2.72. The zero-order valence-electron chi connectivity index (χ0n) is 10.5. The molecule has 0 saturated carbocycles. The molecule has 0 saturated heterocycles. The Bertz CT molecular complexity index is 686. The molecule has 2 heterocycles. The molecule has 0 aliphatic carbocycles. The molecule has 0 aliphatic heterocycles. The van der Waals surface area contributed by atoms with Crippen LogP contribution in [0.15, 0.2) is 48.5 Å². The first-order valence-corrected chi connectivity index (χ1v) is 5.96. The third-order valence-corrected chi connectivity index (χ3v) is 2.84. The van der Waals surface area contributed by atoms with Crippen LogP contribution >= 0.6 is 0 Å². The molecule has 1 aromatic carbocycles. The standard InChI is InChI=1S/C14H13N5/c1-10-9-13(15)18-19(10)14-8-7-12(16-17-14)11-5-3-2-4-6-11/h2-9H,1H3,(H2,15,18). The van der Waals surface area contributed by atoms with E-state index in [2.05, 4.69) is 15.3 Å². The smallest absolute Gasteiger partial charge is 0.176 e. The lowest BCUT2D eigenvalue weighted by Gasteiger charge is -2.03. The fraction of sp³-hybridized carbons (Fsp3) is 0.0714. The highest BCUT2D eigenvalue weighted by Gasteiger charge is 2.06. The lowest BCUT2D eigenvalue weighted by molar-refractivity contribution is 0.795. The lowest BCUT2D eigenvalue weighted by atomic mass is 10.1. The molecule has 2 N–H and O–H groups in total. The molecule has 0 fully saturated rings. The Labute approximate surface area is 110 Å². The largest absolute Gasteiger partial charge is 0.382 e. The first-order valence-electron chi connectivity index (χ1n) is 5.96. The summed E-state index contributed by atoms with van der Waals surface area (Å²) in [6, 6.07) is 15.5. The van der Waals surface area contributed by atoms with Crippen LogP contribution in [0, 0.1) is 6.92 Å². The van der Waals surface area contributed by atoms with Gasteiger partial charge < -0.3 is 5.73 Å². The number of hydrogen-bond acceptors (Lipinski definition) is 4. The van der Waals surface area contributed by atoms with Crippen molar-refractivity contribution in [1.29, 1.82) is 0 Å². The topological polar surface area (TPSA) is 69.6 Å². The van der Waals surface area contributed by atoms with Crippen LogP contribution in [0.4, 0.5) is 5.82 Å². The molecule has 0 unspecified atom stereocenters. The van der Waals surface area contributed by atoms with Crippen molar-refractivity contribution < 1.29 is 0 Å². The predicted octanol–water partition coefficient (Wildman–Crippen LogP) is 2.22. The van der Waals surface area contributed by atoms with Gasteiger partial charge in [-0.1, -0.05) is 30.3 Å². The summed E-state index contributed by atoms with van der Waals surface area (Å²) in [7, 11) is 0. The van der Waals surface area contributed by atoms with E-state index in [0.717, 1.165) is 17.0 Å². The van der Waals surface area contributed by atoms with E-state index >= 15 is 0 Å². The maximum atomic E-state index is 5.66. The minimum absolute atomic E-state index is 0.478. The van der Waals surface area contributed by atoms with E-state index in [-0.39, 0.29) is 0 Å². The SMILES string of the molecule is Cc1cc(N)nn1-c1ccc(-c2ccccc2)nn1. The average Bonchev–Trinajstić information content (AvgIpc) is 2.79. The summed E-state index contributed by atoms with van der Waals surface area (Å²) in [5.74, 6) is 1.14. The van der Waals surface area contributed by atoms with E-state index in [1.807, 2.05) is 49.4 Å². The first kappa shape index (κ1) is 11.4. The van der Waals surface area contributed by atoms with Gasteiger partial charge >= 0.3 is 0 Å². The van der Waals surface area contributed by atoms with Gasteiger partial charge in [0.05, 0.1) is 5.69 Å². The van der Waals surface area contributed by atoms with Crippen molar-refractivity contribution in [2.75, 3.05) is 5.73 Å². The Morgan fingerprint density at radius 1 is 1.00 bits per heavy atom. The number of nitrogen functional groups attached to an aromatic ring is 1. The molecule has 0 amide bonds. The van der Waals surface area contributed by atoms with Crippen LogP contribution in [-0.4, -0.2) is 20.0 Å². The molecular formula is C14H13N5. The molecule has 0 aliphatic rings. The van der Waals surface area contributed by atoms with Crippen LogP contribution in [-0.2, 0) is 0 Å². The molecule has 2 aromatic heterocycles. The van der Waals surface area contributed by atoms with Gasteiger partial charge in [-0.15, -0.1) is 15.3 Å². The minimum atomic E-state index is 0.478. The van der Waals surface area contributed by atoms with Crippen LogP contribution < -0.4 is 5.73 Å². The molecule has 0 radical (unpaired) electrons. The molecule has 5 nitrogen and oxygen atoms in total. The normalized spacial score (nSPS) is 10.6. The van der Waals surface area contributed by atoms with E-state index in [1.54, 1.807) is 10.7 Å². The van der Waals surface area contributed by atoms with E-state index in [0.29, 0.717) is 11.6 Å². The van der Waals surface area contributed by atoms with Crippen molar-refractivity contribution >= 4 is 5.82 Å². The Balaban J connectivity index is 1.98. The summed E-state index contributed by atoms with van der Waals surface area (Å²) in [6.45, 7) is 1.93. The number of nitrogens with zero attached hydrogens (tertiary/aromatic N) is 4. The van der Waals surface area contributed by atoms with Gasteiger partial charge in [0.2, 0.25) is 0 Å². The summed E-state index contributed by atoms with van der Waals surface area (Å²) in [4.78, 5) is 0.